The molecule has 0 fully saturated rings. The molecule has 0 saturated heterocycles. The summed E-state index contributed by atoms with van der Waals surface area (Å²) in [6, 6.07) is 14.0. The Morgan fingerprint density at radius 2 is 1.83 bits per heavy atom. The number of pyridine rings is 1. The van der Waals surface area contributed by atoms with Crippen molar-refractivity contribution in [1.82, 2.24) is 14.8 Å². The van der Waals surface area contributed by atoms with Crippen LogP contribution in [0.4, 0.5) is 5.69 Å². The molecule has 10 nitrogen and oxygen atoms in total. The number of aliphatic hydroxyl groups is 1. The topological polar surface area (TPSA) is 121 Å². The number of fused-ring (bicyclic) bond motifs is 1. The van der Waals surface area contributed by atoms with Crippen molar-refractivity contribution in [2.75, 3.05) is 38.1 Å². The lowest BCUT2D eigenvalue weighted by Crippen LogP contribution is -2.47. The number of rotatable bonds is 9. The van der Waals surface area contributed by atoms with Crippen LogP contribution in [0.2, 0.25) is 5.02 Å². The quantitative estimate of drug-likeness (QED) is 0.307. The van der Waals surface area contributed by atoms with Crippen LogP contribution in [0.5, 0.6) is 5.75 Å². The number of aromatic nitrogens is 1. The van der Waals surface area contributed by atoms with E-state index in [0.29, 0.717) is 30.5 Å². The Morgan fingerprint density at radius 1 is 1.11 bits per heavy atom. The Hall–Kier alpha value is -3.22. The molecule has 250 valence electrons. The number of carbonyl (C=O) groups excluding carboxylic acids is 1. The second-order valence-corrected chi connectivity index (χ2v) is 14.2. The van der Waals surface area contributed by atoms with Crippen molar-refractivity contribution in [3.63, 3.8) is 0 Å². The summed E-state index contributed by atoms with van der Waals surface area (Å²) in [4.78, 5) is 22.3. The molecule has 0 bridgehead atoms. The van der Waals surface area contributed by atoms with Gasteiger partial charge in [-0.05, 0) is 100 Å². The largest absolute Gasteiger partial charge is 0.490 e. The Morgan fingerprint density at radius 3 is 2.52 bits per heavy atom. The molecule has 1 aliphatic heterocycles. The van der Waals surface area contributed by atoms with Crippen molar-refractivity contribution in [3.05, 3.63) is 83.1 Å². The van der Waals surface area contributed by atoms with Crippen LogP contribution in [0.25, 0.3) is 0 Å². The zero-order chi connectivity index (χ0) is 33.3. The summed E-state index contributed by atoms with van der Waals surface area (Å²) in [7, 11) is -1.91. The van der Waals surface area contributed by atoms with Crippen molar-refractivity contribution < 1.29 is 27.8 Å². The summed E-state index contributed by atoms with van der Waals surface area (Å²) >= 11 is 5.95. The molecule has 2 N–H and O–H groups in total. The first-order valence-electron chi connectivity index (χ1n) is 15.7. The number of sulfonamides is 1. The Bertz CT molecular complexity index is 1530. The van der Waals surface area contributed by atoms with Crippen LogP contribution >= 0.6 is 11.6 Å². The molecule has 46 heavy (non-hydrogen) atoms. The molecule has 0 radical (unpaired) electrons. The molecule has 0 aliphatic carbocycles. The lowest BCUT2D eigenvalue weighted by molar-refractivity contribution is -0.0177. The minimum Gasteiger partial charge on any atom is -0.490 e. The SMILES string of the molecule is C[C@H](CO)N1C[C@H](C)[C@H](CN(C)Cc2ccncc2)OCCCC[C@H](C)Oc2ccc(NS(=O)(=O)c3ccc(Cl)cc3)cc2C1=O. The number of amides is 1. The zero-order valence-electron chi connectivity index (χ0n) is 26.9. The number of hydrogen-bond acceptors (Lipinski definition) is 8. The van der Waals surface area contributed by atoms with Crippen molar-refractivity contribution in [3.8, 4) is 5.75 Å². The summed E-state index contributed by atoms with van der Waals surface area (Å²) < 4.78 is 41.6. The highest BCUT2D eigenvalue weighted by Crippen LogP contribution is 2.30. The van der Waals surface area contributed by atoms with E-state index in [1.807, 2.05) is 26.1 Å². The predicted molar refractivity (Wildman–Crippen MR) is 180 cm³/mol. The molecule has 4 rings (SSSR count). The lowest BCUT2D eigenvalue weighted by Gasteiger charge is -2.36. The predicted octanol–water partition coefficient (Wildman–Crippen LogP) is 5.46. The molecule has 12 heteroatoms. The Balaban J connectivity index is 1.64. The summed E-state index contributed by atoms with van der Waals surface area (Å²) in [5, 5.41) is 10.6. The minimum atomic E-state index is -3.96. The van der Waals surface area contributed by atoms with Crippen LogP contribution < -0.4 is 9.46 Å². The van der Waals surface area contributed by atoms with E-state index >= 15 is 0 Å². The van der Waals surface area contributed by atoms with Crippen molar-refractivity contribution in [1.29, 1.82) is 0 Å². The maximum absolute atomic E-state index is 14.3. The van der Waals surface area contributed by atoms with E-state index in [4.69, 9.17) is 21.1 Å². The molecule has 0 saturated carbocycles. The maximum Gasteiger partial charge on any atom is 0.261 e. The van der Waals surface area contributed by atoms with Gasteiger partial charge in [-0.3, -0.25) is 19.4 Å². The number of halogens is 1. The Labute approximate surface area is 277 Å². The average Bonchev–Trinajstić information content (AvgIpc) is 3.03. The first-order valence-corrected chi connectivity index (χ1v) is 17.5. The summed E-state index contributed by atoms with van der Waals surface area (Å²) in [5.74, 6) is -0.101. The van der Waals surface area contributed by atoms with Gasteiger partial charge in [0, 0.05) is 55.3 Å². The average molecular weight is 673 g/mol. The highest BCUT2D eigenvalue weighted by atomic mass is 35.5. The smallest absolute Gasteiger partial charge is 0.261 e. The number of anilines is 1. The van der Waals surface area contributed by atoms with Crippen molar-refractivity contribution in [2.24, 2.45) is 5.92 Å². The molecule has 1 amide bonds. The van der Waals surface area contributed by atoms with Crippen LogP contribution in [-0.4, -0.2) is 85.8 Å². The fraction of sp³-hybridized carbons (Fsp3) is 0.471. The molecular formula is C34H45ClN4O6S. The highest BCUT2D eigenvalue weighted by molar-refractivity contribution is 7.92. The molecule has 4 atom stereocenters. The first-order chi connectivity index (χ1) is 22.0. The van der Waals surface area contributed by atoms with Crippen LogP contribution in [0.1, 0.15) is 56.0 Å². The standard InChI is InChI=1S/C34H45ClN4O6S/c1-24-20-39(25(2)23-40)34(41)31-19-29(37-46(42,43)30-11-8-28(35)9-12-30)10-13-32(31)45-26(3)7-5-6-18-44-33(24)22-38(4)21-27-14-16-36-17-15-27/h8-17,19,24-26,33,37,40H,5-7,18,20-23H2,1-4H3/t24-,25+,26-,33-/m0/s1. The number of hydrogen-bond donors (Lipinski definition) is 2. The molecule has 2 aromatic carbocycles. The van der Waals surface area contributed by atoms with Crippen molar-refractivity contribution >= 4 is 33.2 Å². The van der Waals surface area contributed by atoms with Gasteiger partial charge in [0.25, 0.3) is 15.9 Å². The van der Waals surface area contributed by atoms with Gasteiger partial charge < -0.3 is 19.5 Å². The summed E-state index contributed by atoms with van der Waals surface area (Å²) in [6.07, 6.45) is 5.67. The van der Waals surface area contributed by atoms with Crippen LogP contribution in [0.3, 0.4) is 0 Å². The summed E-state index contributed by atoms with van der Waals surface area (Å²) in [5.41, 5.74) is 1.56. The maximum atomic E-state index is 14.3. The molecule has 2 heterocycles. The normalized spacial score (nSPS) is 20.8. The molecular weight excluding hydrogens is 628 g/mol. The fourth-order valence-corrected chi connectivity index (χ4v) is 6.62. The van der Waals surface area contributed by atoms with Crippen molar-refractivity contribution in [2.45, 2.75) is 69.7 Å². The fourth-order valence-electron chi connectivity index (χ4n) is 5.45. The van der Waals surface area contributed by atoms with E-state index in [9.17, 15) is 18.3 Å². The van der Waals surface area contributed by atoms with Gasteiger partial charge in [0.2, 0.25) is 0 Å². The van der Waals surface area contributed by atoms with E-state index in [1.54, 1.807) is 36.4 Å². The van der Waals surface area contributed by atoms with E-state index in [2.05, 4.69) is 21.5 Å². The monoisotopic (exact) mass is 672 g/mol. The van der Waals surface area contributed by atoms with Gasteiger partial charge in [-0.1, -0.05) is 18.5 Å². The van der Waals surface area contributed by atoms with E-state index in [1.165, 1.54) is 30.3 Å². The molecule has 0 spiro atoms. The van der Waals surface area contributed by atoms with Gasteiger partial charge in [0.05, 0.1) is 35.3 Å². The van der Waals surface area contributed by atoms with Gasteiger partial charge in [0.15, 0.2) is 0 Å². The van der Waals surface area contributed by atoms with E-state index in [-0.39, 0.29) is 46.8 Å². The number of aliphatic hydroxyl groups excluding tert-OH is 1. The van der Waals surface area contributed by atoms with Crippen LogP contribution in [0, 0.1) is 5.92 Å². The number of nitrogens with one attached hydrogen (secondary N) is 1. The third kappa shape index (κ3) is 9.89. The first kappa shape index (κ1) is 35.6. The summed E-state index contributed by atoms with van der Waals surface area (Å²) in [6.45, 7) is 7.80. The number of carbonyl (C=O) groups is 1. The van der Waals surface area contributed by atoms with Gasteiger partial charge in [-0.2, -0.15) is 0 Å². The van der Waals surface area contributed by atoms with E-state index < -0.39 is 16.1 Å². The Kier molecular flexibility index (Phi) is 12.8. The van der Waals surface area contributed by atoms with Gasteiger partial charge in [-0.25, -0.2) is 8.42 Å². The number of nitrogens with zero attached hydrogens (tertiary/aromatic N) is 3. The molecule has 1 aliphatic rings. The van der Waals surface area contributed by atoms with E-state index in [0.717, 1.165) is 31.4 Å². The zero-order valence-corrected chi connectivity index (χ0v) is 28.5. The second kappa shape index (κ2) is 16.6. The number of likely N-dealkylation sites (N-methyl/N-ethyl adjacent to an activating group) is 1. The molecule has 3 aromatic rings. The second-order valence-electron chi connectivity index (χ2n) is 12.1. The number of ether oxygens (including phenoxy) is 2. The van der Waals surface area contributed by atoms with Crippen LogP contribution in [0.15, 0.2) is 71.9 Å². The third-order valence-electron chi connectivity index (χ3n) is 8.12. The van der Waals surface area contributed by atoms with Gasteiger partial charge >= 0.3 is 0 Å². The van der Waals surface area contributed by atoms with Gasteiger partial charge in [0.1, 0.15) is 5.75 Å². The number of benzene rings is 2. The highest BCUT2D eigenvalue weighted by Gasteiger charge is 2.30. The lowest BCUT2D eigenvalue weighted by atomic mass is 10.0. The molecule has 0 unspecified atom stereocenters. The third-order valence-corrected chi connectivity index (χ3v) is 9.77. The minimum absolute atomic E-state index is 0.0393. The molecule has 1 aromatic heterocycles. The van der Waals surface area contributed by atoms with Crippen LogP contribution in [-0.2, 0) is 21.3 Å². The van der Waals surface area contributed by atoms with Gasteiger partial charge in [-0.15, -0.1) is 0 Å².